The minimum atomic E-state index is 0.229. The Morgan fingerprint density at radius 2 is 1.81 bits per heavy atom. The summed E-state index contributed by atoms with van der Waals surface area (Å²) in [5, 5.41) is 3.54. The Morgan fingerprint density at radius 3 is 2.31 bits per heavy atom. The number of hydrogen-bond acceptors (Lipinski definition) is 2. The summed E-state index contributed by atoms with van der Waals surface area (Å²) in [5.41, 5.74) is 0.229. The van der Waals surface area contributed by atoms with Crippen molar-refractivity contribution in [1.82, 2.24) is 5.32 Å². The molecule has 0 aliphatic rings. The molecule has 2 atom stereocenters. The smallest absolute Gasteiger partial charge is 0.0671 e. The van der Waals surface area contributed by atoms with E-state index in [0.717, 1.165) is 19.6 Å². The van der Waals surface area contributed by atoms with Gasteiger partial charge in [-0.05, 0) is 39.5 Å². The van der Waals surface area contributed by atoms with Crippen LogP contribution < -0.4 is 5.32 Å². The van der Waals surface area contributed by atoms with Crippen molar-refractivity contribution in [2.75, 3.05) is 13.2 Å². The summed E-state index contributed by atoms with van der Waals surface area (Å²) >= 11 is 0. The molecule has 2 heteroatoms. The fourth-order valence-corrected chi connectivity index (χ4v) is 1.51. The van der Waals surface area contributed by atoms with Gasteiger partial charge >= 0.3 is 0 Å². The van der Waals surface area contributed by atoms with E-state index in [2.05, 4.69) is 46.9 Å². The molecule has 0 aliphatic carbocycles. The largest absolute Gasteiger partial charge is 0.377 e. The molecular weight excluding hydrogens is 198 g/mol. The van der Waals surface area contributed by atoms with E-state index in [1.807, 2.05) is 0 Å². The molecule has 0 radical (unpaired) electrons. The van der Waals surface area contributed by atoms with Gasteiger partial charge in [0.25, 0.3) is 0 Å². The van der Waals surface area contributed by atoms with Gasteiger partial charge in [0, 0.05) is 18.7 Å². The Bertz CT molecular complexity index is 168. The highest BCUT2D eigenvalue weighted by Gasteiger charge is 2.15. The number of hydrogen-bond donors (Lipinski definition) is 1. The van der Waals surface area contributed by atoms with E-state index in [0.29, 0.717) is 12.0 Å². The van der Waals surface area contributed by atoms with Gasteiger partial charge in [-0.15, -0.1) is 0 Å². The second kappa shape index (κ2) is 8.08. The monoisotopic (exact) mass is 229 g/mol. The molecule has 0 heterocycles. The average molecular weight is 229 g/mol. The lowest BCUT2D eigenvalue weighted by Gasteiger charge is -2.27. The summed E-state index contributed by atoms with van der Waals surface area (Å²) < 4.78 is 5.83. The first-order valence-corrected chi connectivity index (χ1v) is 6.78. The minimum absolute atomic E-state index is 0.229. The number of ether oxygens (including phenoxy) is 1. The van der Waals surface area contributed by atoms with Crippen LogP contribution in [0.4, 0.5) is 0 Å². The van der Waals surface area contributed by atoms with Crippen LogP contribution in [-0.2, 0) is 4.74 Å². The van der Waals surface area contributed by atoms with Crippen molar-refractivity contribution < 1.29 is 4.74 Å². The zero-order chi connectivity index (χ0) is 12.6. The highest BCUT2D eigenvalue weighted by molar-refractivity contribution is 4.76. The van der Waals surface area contributed by atoms with E-state index in [9.17, 15) is 0 Å². The molecular formula is C14H31NO. The van der Waals surface area contributed by atoms with Gasteiger partial charge in [-0.3, -0.25) is 0 Å². The molecule has 0 spiro atoms. The summed E-state index contributed by atoms with van der Waals surface area (Å²) in [7, 11) is 0. The van der Waals surface area contributed by atoms with E-state index < -0.39 is 0 Å². The molecule has 0 saturated heterocycles. The molecule has 0 aromatic rings. The molecule has 0 rings (SSSR count). The Labute approximate surface area is 102 Å². The van der Waals surface area contributed by atoms with Crippen LogP contribution in [0.5, 0.6) is 0 Å². The molecule has 0 aromatic carbocycles. The zero-order valence-electron chi connectivity index (χ0n) is 12.1. The standard InChI is InChI=1S/C14H31NO/c1-7-9-12(3)11-16-13(4)10-15-14(5,6)8-2/h12-13,15H,7-11H2,1-6H3. The molecule has 0 saturated carbocycles. The first-order chi connectivity index (χ1) is 7.41. The van der Waals surface area contributed by atoms with Gasteiger partial charge in [0.05, 0.1) is 6.10 Å². The maximum absolute atomic E-state index is 5.83. The van der Waals surface area contributed by atoms with Crippen molar-refractivity contribution in [2.24, 2.45) is 5.92 Å². The third-order valence-electron chi connectivity index (χ3n) is 3.20. The summed E-state index contributed by atoms with van der Waals surface area (Å²) in [6, 6.07) is 0. The molecule has 98 valence electrons. The fourth-order valence-electron chi connectivity index (χ4n) is 1.51. The molecule has 0 bridgehead atoms. The fraction of sp³-hybridized carbons (Fsp3) is 1.00. The van der Waals surface area contributed by atoms with Crippen LogP contribution in [-0.4, -0.2) is 24.8 Å². The molecule has 1 N–H and O–H groups in total. The third-order valence-corrected chi connectivity index (χ3v) is 3.20. The van der Waals surface area contributed by atoms with Crippen LogP contribution in [0, 0.1) is 5.92 Å². The molecule has 16 heavy (non-hydrogen) atoms. The van der Waals surface area contributed by atoms with E-state index >= 15 is 0 Å². The van der Waals surface area contributed by atoms with E-state index in [-0.39, 0.29) is 5.54 Å². The quantitative estimate of drug-likeness (QED) is 0.652. The predicted molar refractivity (Wildman–Crippen MR) is 71.9 cm³/mol. The van der Waals surface area contributed by atoms with E-state index in [4.69, 9.17) is 4.74 Å². The van der Waals surface area contributed by atoms with Crippen LogP contribution >= 0.6 is 0 Å². The lowest BCUT2D eigenvalue weighted by Crippen LogP contribution is -2.43. The molecule has 0 aliphatic heterocycles. The predicted octanol–water partition coefficient (Wildman–Crippen LogP) is 3.61. The number of nitrogens with one attached hydrogen (secondary N) is 1. The topological polar surface area (TPSA) is 21.3 Å². The highest BCUT2D eigenvalue weighted by atomic mass is 16.5. The Balaban J connectivity index is 3.62. The van der Waals surface area contributed by atoms with Crippen molar-refractivity contribution in [3.8, 4) is 0 Å². The van der Waals surface area contributed by atoms with Gasteiger partial charge in [0.2, 0.25) is 0 Å². The van der Waals surface area contributed by atoms with Crippen molar-refractivity contribution in [3.63, 3.8) is 0 Å². The molecule has 0 amide bonds. The Morgan fingerprint density at radius 1 is 1.19 bits per heavy atom. The maximum atomic E-state index is 5.83. The second-order valence-corrected chi connectivity index (χ2v) is 5.66. The van der Waals surface area contributed by atoms with Crippen molar-refractivity contribution in [2.45, 2.75) is 72.4 Å². The summed E-state index contributed by atoms with van der Waals surface area (Å²) in [6.07, 6.45) is 3.97. The average Bonchev–Trinajstić information content (AvgIpc) is 2.24. The Hall–Kier alpha value is -0.0800. The summed E-state index contributed by atoms with van der Waals surface area (Å²) in [5.74, 6) is 0.687. The van der Waals surface area contributed by atoms with Gasteiger partial charge in [-0.1, -0.05) is 27.2 Å². The van der Waals surface area contributed by atoms with Crippen LogP contribution in [0.25, 0.3) is 0 Å². The number of rotatable bonds is 9. The van der Waals surface area contributed by atoms with Gasteiger partial charge in [0.1, 0.15) is 0 Å². The molecule has 2 nitrogen and oxygen atoms in total. The van der Waals surface area contributed by atoms with Gasteiger partial charge in [-0.25, -0.2) is 0 Å². The first-order valence-electron chi connectivity index (χ1n) is 6.78. The third kappa shape index (κ3) is 8.12. The van der Waals surface area contributed by atoms with Crippen LogP contribution in [0.1, 0.15) is 60.8 Å². The Kier molecular flexibility index (Phi) is 8.04. The molecule has 0 fully saturated rings. The lowest BCUT2D eigenvalue weighted by molar-refractivity contribution is 0.0380. The lowest BCUT2D eigenvalue weighted by atomic mass is 10.0. The highest BCUT2D eigenvalue weighted by Crippen LogP contribution is 2.09. The zero-order valence-corrected chi connectivity index (χ0v) is 12.1. The SMILES string of the molecule is CCCC(C)COC(C)CNC(C)(C)CC. The van der Waals surface area contributed by atoms with Crippen LogP contribution in [0.15, 0.2) is 0 Å². The van der Waals surface area contributed by atoms with Gasteiger partial charge < -0.3 is 10.1 Å². The van der Waals surface area contributed by atoms with Gasteiger partial charge in [-0.2, -0.15) is 0 Å². The van der Waals surface area contributed by atoms with E-state index in [1.165, 1.54) is 12.8 Å². The van der Waals surface area contributed by atoms with Crippen LogP contribution in [0.3, 0.4) is 0 Å². The minimum Gasteiger partial charge on any atom is -0.377 e. The van der Waals surface area contributed by atoms with Gasteiger partial charge in [0.15, 0.2) is 0 Å². The summed E-state index contributed by atoms with van der Waals surface area (Å²) in [4.78, 5) is 0. The second-order valence-electron chi connectivity index (χ2n) is 5.66. The van der Waals surface area contributed by atoms with Crippen molar-refractivity contribution in [1.29, 1.82) is 0 Å². The van der Waals surface area contributed by atoms with Crippen molar-refractivity contribution in [3.05, 3.63) is 0 Å². The maximum Gasteiger partial charge on any atom is 0.0671 e. The summed E-state index contributed by atoms with van der Waals surface area (Å²) in [6.45, 7) is 15.2. The first kappa shape index (κ1) is 15.9. The molecule has 0 aromatic heterocycles. The van der Waals surface area contributed by atoms with Crippen LogP contribution in [0.2, 0.25) is 0 Å². The normalized spacial score (nSPS) is 16.1. The molecule has 2 unspecified atom stereocenters. The van der Waals surface area contributed by atoms with Crippen molar-refractivity contribution >= 4 is 0 Å². The van der Waals surface area contributed by atoms with E-state index in [1.54, 1.807) is 0 Å².